The van der Waals surface area contributed by atoms with Crippen molar-refractivity contribution in [2.45, 2.75) is 45.3 Å². The SMILES string of the molecule is CCCOc1ccc(C(O)C(O)CCC)cc1. The maximum atomic E-state index is 9.90. The molecule has 0 radical (unpaired) electrons. The lowest BCUT2D eigenvalue weighted by atomic mass is 10.0. The Labute approximate surface area is 103 Å². The Morgan fingerprint density at radius 1 is 1.06 bits per heavy atom. The highest BCUT2D eigenvalue weighted by molar-refractivity contribution is 5.28. The molecule has 96 valence electrons. The zero-order valence-electron chi connectivity index (χ0n) is 10.6. The Kier molecular flexibility index (Phi) is 6.01. The van der Waals surface area contributed by atoms with Crippen molar-refractivity contribution < 1.29 is 14.9 Å². The van der Waals surface area contributed by atoms with Gasteiger partial charge in [-0.2, -0.15) is 0 Å². The predicted molar refractivity (Wildman–Crippen MR) is 68.1 cm³/mol. The molecule has 3 heteroatoms. The van der Waals surface area contributed by atoms with Gasteiger partial charge in [0.2, 0.25) is 0 Å². The number of rotatable bonds is 7. The van der Waals surface area contributed by atoms with E-state index in [1.165, 1.54) is 0 Å². The van der Waals surface area contributed by atoms with Crippen LogP contribution in [0.15, 0.2) is 24.3 Å². The highest BCUT2D eigenvalue weighted by Crippen LogP contribution is 2.22. The quantitative estimate of drug-likeness (QED) is 0.767. The zero-order valence-corrected chi connectivity index (χ0v) is 10.6. The van der Waals surface area contributed by atoms with Crippen molar-refractivity contribution >= 4 is 0 Å². The highest BCUT2D eigenvalue weighted by atomic mass is 16.5. The molecule has 1 rings (SSSR count). The molecule has 17 heavy (non-hydrogen) atoms. The second kappa shape index (κ2) is 7.30. The molecule has 0 fully saturated rings. The average Bonchev–Trinajstić information content (AvgIpc) is 2.36. The van der Waals surface area contributed by atoms with Gasteiger partial charge in [-0.3, -0.25) is 0 Å². The van der Waals surface area contributed by atoms with Crippen LogP contribution in [-0.2, 0) is 0 Å². The van der Waals surface area contributed by atoms with E-state index in [4.69, 9.17) is 4.74 Å². The van der Waals surface area contributed by atoms with E-state index >= 15 is 0 Å². The lowest BCUT2D eigenvalue weighted by Crippen LogP contribution is -2.17. The first-order valence-electron chi connectivity index (χ1n) is 6.28. The molecular weight excluding hydrogens is 216 g/mol. The summed E-state index contributed by atoms with van der Waals surface area (Å²) in [7, 11) is 0. The maximum Gasteiger partial charge on any atom is 0.119 e. The van der Waals surface area contributed by atoms with E-state index in [2.05, 4.69) is 6.92 Å². The van der Waals surface area contributed by atoms with Crippen LogP contribution in [-0.4, -0.2) is 22.9 Å². The fraction of sp³-hybridized carbons (Fsp3) is 0.571. The first-order valence-corrected chi connectivity index (χ1v) is 6.28. The summed E-state index contributed by atoms with van der Waals surface area (Å²) in [5.74, 6) is 0.799. The summed E-state index contributed by atoms with van der Waals surface area (Å²) in [6.45, 7) is 4.73. The molecule has 0 saturated carbocycles. The van der Waals surface area contributed by atoms with E-state index in [0.29, 0.717) is 13.0 Å². The van der Waals surface area contributed by atoms with E-state index in [1.54, 1.807) is 12.1 Å². The molecule has 2 atom stereocenters. The molecule has 1 aromatic rings. The van der Waals surface area contributed by atoms with E-state index in [9.17, 15) is 10.2 Å². The van der Waals surface area contributed by atoms with Gasteiger partial charge in [-0.25, -0.2) is 0 Å². The van der Waals surface area contributed by atoms with Crippen molar-refractivity contribution in [2.24, 2.45) is 0 Å². The van der Waals surface area contributed by atoms with Crippen LogP contribution >= 0.6 is 0 Å². The van der Waals surface area contributed by atoms with Crippen LogP contribution in [0.3, 0.4) is 0 Å². The van der Waals surface area contributed by atoms with Gasteiger partial charge in [-0.15, -0.1) is 0 Å². The molecule has 0 bridgehead atoms. The molecule has 0 aromatic heterocycles. The lowest BCUT2D eigenvalue weighted by Gasteiger charge is -2.17. The Morgan fingerprint density at radius 2 is 1.71 bits per heavy atom. The Morgan fingerprint density at radius 3 is 2.24 bits per heavy atom. The van der Waals surface area contributed by atoms with Gasteiger partial charge in [0.15, 0.2) is 0 Å². The van der Waals surface area contributed by atoms with Gasteiger partial charge in [0.05, 0.1) is 12.7 Å². The van der Waals surface area contributed by atoms with Gasteiger partial charge in [-0.1, -0.05) is 32.4 Å². The molecular formula is C14H22O3. The Bertz CT molecular complexity index is 308. The minimum absolute atomic E-state index is 0.606. The number of ether oxygens (including phenoxy) is 1. The molecule has 0 aliphatic heterocycles. The number of aliphatic hydroxyl groups is 2. The summed E-state index contributed by atoms with van der Waals surface area (Å²) >= 11 is 0. The summed E-state index contributed by atoms with van der Waals surface area (Å²) in [6.07, 6.45) is 0.933. The second-order valence-corrected chi connectivity index (χ2v) is 4.22. The van der Waals surface area contributed by atoms with Crippen molar-refractivity contribution in [1.29, 1.82) is 0 Å². The fourth-order valence-corrected chi connectivity index (χ4v) is 1.66. The summed E-state index contributed by atoms with van der Waals surface area (Å²) in [5.41, 5.74) is 0.731. The molecule has 3 nitrogen and oxygen atoms in total. The van der Waals surface area contributed by atoms with Crippen LogP contribution in [0, 0.1) is 0 Å². The third kappa shape index (κ3) is 4.36. The van der Waals surface area contributed by atoms with Gasteiger partial charge < -0.3 is 14.9 Å². The topological polar surface area (TPSA) is 49.7 Å². The molecule has 0 spiro atoms. The molecule has 0 aliphatic carbocycles. The first-order chi connectivity index (χ1) is 8.19. The molecule has 0 saturated heterocycles. The van der Waals surface area contributed by atoms with Crippen molar-refractivity contribution in [3.05, 3.63) is 29.8 Å². The lowest BCUT2D eigenvalue weighted by molar-refractivity contribution is 0.0131. The average molecular weight is 238 g/mol. The van der Waals surface area contributed by atoms with Crippen LogP contribution in [0.5, 0.6) is 5.75 Å². The van der Waals surface area contributed by atoms with Gasteiger partial charge >= 0.3 is 0 Å². The number of hydrogen-bond donors (Lipinski definition) is 2. The zero-order chi connectivity index (χ0) is 12.7. The largest absolute Gasteiger partial charge is 0.494 e. The molecule has 1 aromatic carbocycles. The van der Waals surface area contributed by atoms with E-state index in [0.717, 1.165) is 24.2 Å². The van der Waals surface area contributed by atoms with Crippen molar-refractivity contribution in [3.63, 3.8) is 0 Å². The van der Waals surface area contributed by atoms with E-state index in [1.807, 2.05) is 19.1 Å². The second-order valence-electron chi connectivity index (χ2n) is 4.22. The first kappa shape index (κ1) is 14.0. The van der Waals surface area contributed by atoms with Gasteiger partial charge in [0.1, 0.15) is 11.9 Å². The van der Waals surface area contributed by atoms with Gasteiger partial charge in [0, 0.05) is 0 Å². The van der Waals surface area contributed by atoms with Crippen molar-refractivity contribution in [1.82, 2.24) is 0 Å². The van der Waals surface area contributed by atoms with Crippen LogP contribution in [0.1, 0.15) is 44.8 Å². The van der Waals surface area contributed by atoms with E-state index in [-0.39, 0.29) is 0 Å². The summed E-state index contributed by atoms with van der Waals surface area (Å²) in [4.78, 5) is 0. The van der Waals surface area contributed by atoms with Crippen LogP contribution in [0.2, 0.25) is 0 Å². The van der Waals surface area contributed by atoms with E-state index < -0.39 is 12.2 Å². The van der Waals surface area contributed by atoms with Crippen LogP contribution < -0.4 is 4.74 Å². The smallest absolute Gasteiger partial charge is 0.119 e. The minimum Gasteiger partial charge on any atom is -0.494 e. The number of hydrogen-bond acceptors (Lipinski definition) is 3. The van der Waals surface area contributed by atoms with Crippen molar-refractivity contribution in [3.8, 4) is 5.75 Å². The number of aliphatic hydroxyl groups excluding tert-OH is 2. The van der Waals surface area contributed by atoms with Crippen LogP contribution in [0.4, 0.5) is 0 Å². The highest BCUT2D eigenvalue weighted by Gasteiger charge is 2.17. The normalized spacial score (nSPS) is 14.4. The van der Waals surface area contributed by atoms with Crippen molar-refractivity contribution in [2.75, 3.05) is 6.61 Å². The van der Waals surface area contributed by atoms with Gasteiger partial charge in [-0.05, 0) is 30.5 Å². The predicted octanol–water partition coefficient (Wildman–Crippen LogP) is 2.67. The molecule has 0 heterocycles. The van der Waals surface area contributed by atoms with Crippen LogP contribution in [0.25, 0.3) is 0 Å². The molecule has 0 aliphatic rings. The summed E-state index contributed by atoms with van der Waals surface area (Å²) < 4.78 is 5.45. The third-order valence-electron chi connectivity index (χ3n) is 2.64. The Hall–Kier alpha value is -1.06. The molecule has 2 N–H and O–H groups in total. The van der Waals surface area contributed by atoms with Gasteiger partial charge in [0.25, 0.3) is 0 Å². The standard InChI is InChI=1S/C14H22O3/c1-3-5-13(15)14(16)11-6-8-12(9-7-11)17-10-4-2/h6-9,13-16H,3-5,10H2,1-2H3. The summed E-state index contributed by atoms with van der Waals surface area (Å²) in [6, 6.07) is 7.25. The summed E-state index contributed by atoms with van der Waals surface area (Å²) in [5, 5.41) is 19.6. The molecule has 0 amide bonds. The molecule has 2 unspecified atom stereocenters. The fourth-order valence-electron chi connectivity index (χ4n) is 1.66. The maximum absolute atomic E-state index is 9.90. The minimum atomic E-state index is -0.810. The number of benzene rings is 1. The Balaban J connectivity index is 2.60. The monoisotopic (exact) mass is 238 g/mol. The third-order valence-corrected chi connectivity index (χ3v) is 2.64.